The maximum atomic E-state index is 12.4. The summed E-state index contributed by atoms with van der Waals surface area (Å²) in [6, 6.07) is 6.80. The minimum Gasteiger partial charge on any atom is -0.341 e. The molecule has 1 aromatic heterocycles. The normalized spacial score (nSPS) is 19.2. The summed E-state index contributed by atoms with van der Waals surface area (Å²) in [6.07, 6.45) is 0.474. The van der Waals surface area contributed by atoms with Crippen LogP contribution in [-0.2, 0) is 21.7 Å². The maximum absolute atomic E-state index is 12.4. The van der Waals surface area contributed by atoms with E-state index in [-0.39, 0.29) is 34.8 Å². The summed E-state index contributed by atoms with van der Waals surface area (Å²) < 4.78 is 24.6. The second-order valence-electron chi connectivity index (χ2n) is 6.13. The Hall–Kier alpha value is -1.87. The van der Waals surface area contributed by atoms with Crippen molar-refractivity contribution in [1.29, 1.82) is 0 Å². The first-order valence-electron chi connectivity index (χ1n) is 7.83. The molecule has 2 aromatic rings. The van der Waals surface area contributed by atoms with Gasteiger partial charge in [-0.2, -0.15) is 0 Å². The molecule has 0 unspecified atom stereocenters. The molecule has 1 atom stereocenters. The van der Waals surface area contributed by atoms with E-state index in [0.29, 0.717) is 22.5 Å². The minimum atomic E-state index is -3.04. The number of nitrogens with zero attached hydrogens (tertiary/aromatic N) is 3. The lowest BCUT2D eigenvalue weighted by Crippen LogP contribution is -2.39. The Bertz CT molecular complexity index is 985. The van der Waals surface area contributed by atoms with Crippen LogP contribution in [0.3, 0.4) is 0 Å². The van der Waals surface area contributed by atoms with Crippen molar-refractivity contribution in [2.24, 2.45) is 7.05 Å². The molecule has 7 nitrogen and oxygen atoms in total. The van der Waals surface area contributed by atoms with E-state index >= 15 is 0 Å². The summed E-state index contributed by atoms with van der Waals surface area (Å²) in [5.41, 5.74) is 0.437. The van der Waals surface area contributed by atoms with Gasteiger partial charge in [-0.15, -0.1) is 0 Å². The van der Waals surface area contributed by atoms with Crippen LogP contribution < -0.4 is 5.56 Å². The fourth-order valence-electron chi connectivity index (χ4n) is 2.84. The zero-order chi connectivity index (χ0) is 18.2. The van der Waals surface area contributed by atoms with Crippen LogP contribution in [0, 0.1) is 0 Å². The van der Waals surface area contributed by atoms with E-state index in [2.05, 4.69) is 4.98 Å². The predicted molar refractivity (Wildman–Crippen MR) is 97.5 cm³/mol. The van der Waals surface area contributed by atoms with Gasteiger partial charge < -0.3 is 4.90 Å². The van der Waals surface area contributed by atoms with Crippen LogP contribution >= 0.6 is 11.8 Å². The summed E-state index contributed by atoms with van der Waals surface area (Å²) in [4.78, 5) is 30.7. The van der Waals surface area contributed by atoms with Gasteiger partial charge in [-0.25, -0.2) is 13.4 Å². The van der Waals surface area contributed by atoms with Gasteiger partial charge in [0.1, 0.15) is 0 Å². The quantitative estimate of drug-likeness (QED) is 0.571. The molecule has 2 heterocycles. The summed E-state index contributed by atoms with van der Waals surface area (Å²) in [5, 5.41) is 0.999. The van der Waals surface area contributed by atoms with Gasteiger partial charge in [0.05, 0.1) is 28.2 Å². The molecule has 0 saturated carbocycles. The number of para-hydroxylation sites is 1. The molecule has 0 N–H and O–H groups in total. The molecule has 0 spiro atoms. The van der Waals surface area contributed by atoms with Gasteiger partial charge in [-0.3, -0.25) is 14.2 Å². The number of hydrogen-bond donors (Lipinski definition) is 0. The molecule has 3 rings (SSSR count). The molecule has 134 valence electrons. The van der Waals surface area contributed by atoms with E-state index in [9.17, 15) is 18.0 Å². The van der Waals surface area contributed by atoms with E-state index in [4.69, 9.17) is 0 Å². The fraction of sp³-hybridized carbons (Fsp3) is 0.438. The third-order valence-corrected chi connectivity index (χ3v) is 7.18. The van der Waals surface area contributed by atoms with Crippen molar-refractivity contribution in [2.75, 3.05) is 24.3 Å². The zero-order valence-electron chi connectivity index (χ0n) is 14.0. The molecule has 0 radical (unpaired) electrons. The predicted octanol–water partition coefficient (Wildman–Crippen LogP) is 0.671. The number of carbonyl (C=O) groups excluding carboxylic acids is 1. The first-order chi connectivity index (χ1) is 11.8. The summed E-state index contributed by atoms with van der Waals surface area (Å²) in [6.45, 7) is 0. The van der Waals surface area contributed by atoms with Crippen LogP contribution in [0.4, 0.5) is 0 Å². The number of aromatic nitrogens is 2. The van der Waals surface area contributed by atoms with E-state index < -0.39 is 9.84 Å². The molecule has 1 saturated heterocycles. The molecule has 1 aliphatic heterocycles. The smallest absolute Gasteiger partial charge is 0.261 e. The Kier molecular flexibility index (Phi) is 4.88. The number of amides is 1. The molecule has 0 bridgehead atoms. The van der Waals surface area contributed by atoms with Crippen molar-refractivity contribution in [3.8, 4) is 0 Å². The van der Waals surface area contributed by atoms with Gasteiger partial charge in [0.2, 0.25) is 5.91 Å². The van der Waals surface area contributed by atoms with Crippen LogP contribution in [0.2, 0.25) is 0 Å². The number of benzene rings is 1. The van der Waals surface area contributed by atoms with E-state index in [0.717, 1.165) is 0 Å². The summed E-state index contributed by atoms with van der Waals surface area (Å²) in [7, 11) is 0.217. The second-order valence-corrected chi connectivity index (χ2v) is 9.30. The Morgan fingerprint density at radius 1 is 1.40 bits per heavy atom. The van der Waals surface area contributed by atoms with Gasteiger partial charge in [0.25, 0.3) is 5.56 Å². The molecule has 1 fully saturated rings. The number of sulfone groups is 1. The number of rotatable bonds is 4. The number of fused-ring (bicyclic) bond motifs is 1. The van der Waals surface area contributed by atoms with Crippen molar-refractivity contribution >= 4 is 38.4 Å². The summed E-state index contributed by atoms with van der Waals surface area (Å²) in [5.74, 6) is 0.0797. The lowest BCUT2D eigenvalue weighted by atomic mass is 10.2. The number of carbonyl (C=O) groups is 1. The maximum Gasteiger partial charge on any atom is 0.261 e. The van der Waals surface area contributed by atoms with Crippen molar-refractivity contribution < 1.29 is 13.2 Å². The molecule has 1 aliphatic rings. The van der Waals surface area contributed by atoms with Crippen molar-refractivity contribution in [2.45, 2.75) is 17.6 Å². The van der Waals surface area contributed by atoms with Gasteiger partial charge in [-0.1, -0.05) is 23.9 Å². The van der Waals surface area contributed by atoms with E-state index in [1.165, 1.54) is 21.2 Å². The zero-order valence-corrected chi connectivity index (χ0v) is 15.6. The average Bonchev–Trinajstić information content (AvgIpc) is 2.95. The monoisotopic (exact) mass is 381 g/mol. The molecular formula is C16H19N3O4S2. The Morgan fingerprint density at radius 3 is 2.80 bits per heavy atom. The van der Waals surface area contributed by atoms with E-state index in [1.807, 2.05) is 6.07 Å². The van der Waals surface area contributed by atoms with Crippen molar-refractivity contribution in [3.05, 3.63) is 34.6 Å². The second kappa shape index (κ2) is 6.80. The van der Waals surface area contributed by atoms with Crippen LogP contribution in [0.15, 0.2) is 34.2 Å². The third-order valence-electron chi connectivity index (χ3n) is 4.42. The Balaban J connectivity index is 1.73. The third kappa shape index (κ3) is 3.72. The molecule has 0 aliphatic carbocycles. The minimum absolute atomic E-state index is 0.0205. The highest BCUT2D eigenvalue weighted by molar-refractivity contribution is 7.99. The van der Waals surface area contributed by atoms with Gasteiger partial charge >= 0.3 is 0 Å². The molecule has 25 heavy (non-hydrogen) atoms. The first kappa shape index (κ1) is 17.9. The van der Waals surface area contributed by atoms with Crippen LogP contribution in [-0.4, -0.2) is 59.1 Å². The standard InChI is InChI=1S/C16H19N3O4S2/c1-18(11-7-8-25(22,23)10-11)14(20)9-24-16-17-13-6-4-3-5-12(13)15(21)19(16)2/h3-6,11H,7-10H2,1-2H3/t11-/m0/s1. The van der Waals surface area contributed by atoms with Gasteiger partial charge in [-0.05, 0) is 18.6 Å². The highest BCUT2D eigenvalue weighted by Gasteiger charge is 2.32. The fourth-order valence-corrected chi connectivity index (χ4v) is 5.51. The van der Waals surface area contributed by atoms with Crippen LogP contribution in [0.1, 0.15) is 6.42 Å². The average molecular weight is 381 g/mol. The molecule has 9 heteroatoms. The SMILES string of the molecule is CN(C(=O)CSc1nc2ccccc2c(=O)n1C)[C@H]1CCS(=O)(=O)C1. The lowest BCUT2D eigenvalue weighted by molar-refractivity contribution is -0.128. The Labute approximate surface area is 150 Å². The van der Waals surface area contributed by atoms with Crippen molar-refractivity contribution in [1.82, 2.24) is 14.5 Å². The Morgan fingerprint density at radius 2 is 2.12 bits per heavy atom. The number of hydrogen-bond acceptors (Lipinski definition) is 6. The van der Waals surface area contributed by atoms with Gasteiger partial charge in [0.15, 0.2) is 15.0 Å². The number of thioether (sulfide) groups is 1. The van der Waals surface area contributed by atoms with Crippen LogP contribution in [0.25, 0.3) is 10.9 Å². The van der Waals surface area contributed by atoms with E-state index in [1.54, 1.807) is 32.3 Å². The first-order valence-corrected chi connectivity index (χ1v) is 10.6. The van der Waals surface area contributed by atoms with Gasteiger partial charge in [0, 0.05) is 20.1 Å². The highest BCUT2D eigenvalue weighted by Crippen LogP contribution is 2.20. The van der Waals surface area contributed by atoms with Crippen molar-refractivity contribution in [3.63, 3.8) is 0 Å². The summed E-state index contributed by atoms with van der Waals surface area (Å²) >= 11 is 1.18. The largest absolute Gasteiger partial charge is 0.341 e. The molecular weight excluding hydrogens is 362 g/mol. The topological polar surface area (TPSA) is 89.3 Å². The van der Waals surface area contributed by atoms with Crippen LogP contribution in [0.5, 0.6) is 0 Å². The lowest BCUT2D eigenvalue weighted by Gasteiger charge is -2.23. The molecule has 1 aromatic carbocycles. The highest BCUT2D eigenvalue weighted by atomic mass is 32.2. The molecule has 1 amide bonds.